The molecule has 0 radical (unpaired) electrons. The number of carbonyl (C=O) groups excluding carboxylic acids is 2. The Labute approximate surface area is 119 Å². The molecule has 0 heterocycles. The molecule has 0 unspecified atom stereocenters. The predicted molar refractivity (Wildman–Crippen MR) is 77.6 cm³/mol. The molecule has 0 aliphatic carbocycles. The molecule has 0 saturated heterocycles. The second-order valence-corrected chi connectivity index (χ2v) is 5.21. The molecule has 0 bridgehead atoms. The van der Waals surface area contributed by atoms with Gasteiger partial charge in [-0.2, -0.15) is 0 Å². The number of benzene rings is 1. The lowest BCUT2D eigenvalue weighted by Crippen LogP contribution is -2.32. The van der Waals surface area contributed by atoms with E-state index < -0.39 is 0 Å². The van der Waals surface area contributed by atoms with Gasteiger partial charge >= 0.3 is 0 Å². The Morgan fingerprint density at radius 3 is 2.55 bits per heavy atom. The molecule has 110 valence electrons. The lowest BCUT2D eigenvalue weighted by atomic mass is 10.1. The monoisotopic (exact) mass is 278 g/mol. The Morgan fingerprint density at radius 2 is 1.95 bits per heavy atom. The van der Waals surface area contributed by atoms with E-state index in [1.54, 1.807) is 19.1 Å². The maximum absolute atomic E-state index is 11.8. The first-order chi connectivity index (χ1) is 9.40. The predicted octanol–water partition coefficient (Wildman–Crippen LogP) is 1.59. The van der Waals surface area contributed by atoms with Gasteiger partial charge in [-0.15, -0.1) is 0 Å². The van der Waals surface area contributed by atoms with Crippen molar-refractivity contribution >= 4 is 11.8 Å². The van der Waals surface area contributed by atoms with Crippen LogP contribution >= 0.6 is 0 Å². The number of nitrogens with one attached hydrogen (secondary N) is 2. The van der Waals surface area contributed by atoms with Crippen LogP contribution in [-0.2, 0) is 4.79 Å². The van der Waals surface area contributed by atoms with Crippen LogP contribution in [0.3, 0.4) is 0 Å². The second kappa shape index (κ2) is 7.53. The number of rotatable bonds is 6. The average molecular weight is 278 g/mol. The van der Waals surface area contributed by atoms with Crippen LogP contribution in [0.15, 0.2) is 18.2 Å². The highest BCUT2D eigenvalue weighted by atomic mass is 16.3. The normalized spacial score (nSPS) is 10.4. The van der Waals surface area contributed by atoms with Crippen LogP contribution in [0.1, 0.15) is 36.2 Å². The molecule has 0 atom stereocenters. The Morgan fingerprint density at radius 1 is 1.25 bits per heavy atom. The smallest absolute Gasteiger partial charge is 0.251 e. The van der Waals surface area contributed by atoms with Crippen LogP contribution in [0, 0.1) is 12.8 Å². The summed E-state index contributed by atoms with van der Waals surface area (Å²) in [7, 11) is 0. The number of amides is 2. The molecule has 0 spiro atoms. The summed E-state index contributed by atoms with van der Waals surface area (Å²) in [6.07, 6.45) is 0.259. The van der Waals surface area contributed by atoms with Crippen molar-refractivity contribution in [2.45, 2.75) is 27.2 Å². The Hall–Kier alpha value is -2.04. The minimum absolute atomic E-state index is 0.0686. The topological polar surface area (TPSA) is 78.4 Å². The number of hydrogen-bond acceptors (Lipinski definition) is 3. The van der Waals surface area contributed by atoms with E-state index in [-0.39, 0.29) is 24.0 Å². The fourth-order valence-electron chi connectivity index (χ4n) is 1.59. The molecule has 0 aliphatic heterocycles. The van der Waals surface area contributed by atoms with Crippen LogP contribution in [0.2, 0.25) is 0 Å². The van der Waals surface area contributed by atoms with Gasteiger partial charge in [-0.3, -0.25) is 9.59 Å². The number of phenols is 1. The number of phenolic OH excluding ortho intramolecular Hbond substituents is 1. The number of aromatic hydroxyl groups is 1. The van der Waals surface area contributed by atoms with Crippen LogP contribution in [0.4, 0.5) is 0 Å². The molecule has 5 nitrogen and oxygen atoms in total. The van der Waals surface area contributed by atoms with Gasteiger partial charge < -0.3 is 15.7 Å². The molecule has 1 aromatic rings. The van der Waals surface area contributed by atoms with Crippen molar-refractivity contribution in [3.63, 3.8) is 0 Å². The molecule has 3 N–H and O–H groups in total. The number of aryl methyl sites for hydroxylation is 1. The van der Waals surface area contributed by atoms with Gasteiger partial charge in [-0.05, 0) is 36.6 Å². The van der Waals surface area contributed by atoms with Gasteiger partial charge in [0.2, 0.25) is 5.91 Å². The molecule has 0 fully saturated rings. The van der Waals surface area contributed by atoms with Gasteiger partial charge in [0.25, 0.3) is 5.91 Å². The summed E-state index contributed by atoms with van der Waals surface area (Å²) in [5.74, 6) is 0.258. The van der Waals surface area contributed by atoms with E-state index in [1.807, 2.05) is 13.8 Å². The average Bonchev–Trinajstić information content (AvgIpc) is 2.39. The highest BCUT2D eigenvalue weighted by molar-refractivity contribution is 5.94. The first-order valence-electron chi connectivity index (χ1n) is 6.74. The van der Waals surface area contributed by atoms with Gasteiger partial charge in [0, 0.05) is 25.1 Å². The van der Waals surface area contributed by atoms with E-state index >= 15 is 0 Å². The Kier molecular flexibility index (Phi) is 6.03. The third-order valence-corrected chi connectivity index (χ3v) is 2.80. The minimum atomic E-state index is -0.246. The molecule has 2 amide bonds. The molecular formula is C15H22N2O3. The minimum Gasteiger partial charge on any atom is -0.508 e. The molecule has 0 saturated carbocycles. The Bertz CT molecular complexity index is 484. The van der Waals surface area contributed by atoms with Crippen molar-refractivity contribution in [1.82, 2.24) is 10.6 Å². The lowest BCUT2D eigenvalue weighted by Gasteiger charge is -2.09. The maximum Gasteiger partial charge on any atom is 0.251 e. The fraction of sp³-hybridized carbons (Fsp3) is 0.467. The van der Waals surface area contributed by atoms with Crippen LogP contribution in [-0.4, -0.2) is 30.0 Å². The standard InChI is InChI=1S/C15H22N2O3/c1-10(2)9-17-14(19)6-7-16-15(20)12-4-5-13(18)11(3)8-12/h4-5,8,10,18H,6-7,9H2,1-3H3,(H,16,20)(H,17,19). The van der Waals surface area contributed by atoms with Crippen molar-refractivity contribution in [2.24, 2.45) is 5.92 Å². The van der Waals surface area contributed by atoms with Gasteiger partial charge in [-0.25, -0.2) is 0 Å². The largest absolute Gasteiger partial charge is 0.508 e. The maximum atomic E-state index is 11.8. The third-order valence-electron chi connectivity index (χ3n) is 2.80. The first kappa shape index (κ1) is 16.0. The summed E-state index contributed by atoms with van der Waals surface area (Å²) in [4.78, 5) is 23.3. The van der Waals surface area contributed by atoms with Crippen LogP contribution < -0.4 is 10.6 Å². The molecule has 0 aromatic heterocycles. The van der Waals surface area contributed by atoms with Gasteiger partial charge in [0.05, 0.1) is 0 Å². The molecule has 0 aliphatic rings. The zero-order valence-corrected chi connectivity index (χ0v) is 12.2. The van der Waals surface area contributed by atoms with Gasteiger partial charge in [-0.1, -0.05) is 13.8 Å². The van der Waals surface area contributed by atoms with Crippen molar-refractivity contribution in [3.05, 3.63) is 29.3 Å². The van der Waals surface area contributed by atoms with Crippen LogP contribution in [0.5, 0.6) is 5.75 Å². The van der Waals surface area contributed by atoms with E-state index in [4.69, 9.17) is 0 Å². The van der Waals surface area contributed by atoms with E-state index in [0.29, 0.717) is 30.1 Å². The van der Waals surface area contributed by atoms with Gasteiger partial charge in [0.15, 0.2) is 0 Å². The third kappa shape index (κ3) is 5.30. The lowest BCUT2D eigenvalue weighted by molar-refractivity contribution is -0.121. The SMILES string of the molecule is Cc1cc(C(=O)NCCC(=O)NCC(C)C)ccc1O. The van der Waals surface area contributed by atoms with E-state index in [0.717, 1.165) is 0 Å². The quantitative estimate of drug-likeness (QED) is 0.739. The molecule has 20 heavy (non-hydrogen) atoms. The van der Waals surface area contributed by atoms with Crippen molar-refractivity contribution in [2.75, 3.05) is 13.1 Å². The van der Waals surface area contributed by atoms with E-state index in [9.17, 15) is 14.7 Å². The van der Waals surface area contributed by atoms with Crippen molar-refractivity contribution in [3.8, 4) is 5.75 Å². The summed E-state index contributed by atoms with van der Waals surface area (Å²) in [6, 6.07) is 4.65. The summed E-state index contributed by atoms with van der Waals surface area (Å²) < 4.78 is 0. The summed E-state index contributed by atoms with van der Waals surface area (Å²) in [5.41, 5.74) is 1.12. The highest BCUT2D eigenvalue weighted by Gasteiger charge is 2.08. The number of hydrogen-bond donors (Lipinski definition) is 3. The summed E-state index contributed by atoms with van der Waals surface area (Å²) in [5, 5.41) is 14.9. The Balaban J connectivity index is 2.36. The first-order valence-corrected chi connectivity index (χ1v) is 6.74. The molecular weight excluding hydrogens is 256 g/mol. The zero-order chi connectivity index (χ0) is 15.1. The summed E-state index contributed by atoms with van der Waals surface area (Å²) in [6.45, 7) is 6.71. The molecule has 1 rings (SSSR count). The van der Waals surface area contributed by atoms with Crippen LogP contribution in [0.25, 0.3) is 0 Å². The second-order valence-electron chi connectivity index (χ2n) is 5.21. The van der Waals surface area contributed by atoms with E-state index in [1.165, 1.54) is 6.07 Å². The number of carbonyl (C=O) groups is 2. The van der Waals surface area contributed by atoms with Crippen molar-refractivity contribution < 1.29 is 14.7 Å². The highest BCUT2D eigenvalue weighted by Crippen LogP contribution is 2.16. The van der Waals surface area contributed by atoms with Crippen molar-refractivity contribution in [1.29, 1.82) is 0 Å². The van der Waals surface area contributed by atoms with E-state index in [2.05, 4.69) is 10.6 Å². The summed E-state index contributed by atoms with van der Waals surface area (Å²) >= 11 is 0. The molecule has 1 aromatic carbocycles. The zero-order valence-electron chi connectivity index (χ0n) is 12.2. The fourth-order valence-corrected chi connectivity index (χ4v) is 1.59. The van der Waals surface area contributed by atoms with Gasteiger partial charge in [0.1, 0.15) is 5.75 Å². The molecule has 5 heteroatoms.